The Morgan fingerprint density at radius 1 is 1.38 bits per heavy atom. The zero-order chi connectivity index (χ0) is 15.2. The molecule has 1 fully saturated rings. The van der Waals surface area contributed by atoms with E-state index >= 15 is 0 Å². The molecule has 1 unspecified atom stereocenters. The third-order valence-corrected chi connectivity index (χ3v) is 3.50. The highest BCUT2D eigenvalue weighted by Crippen LogP contribution is 2.13. The number of hydrogen-bond donors (Lipinski definition) is 2. The second-order valence-electron chi connectivity index (χ2n) is 5.00. The Labute approximate surface area is 121 Å². The Hall–Kier alpha value is -2.44. The lowest BCUT2D eigenvalue weighted by molar-refractivity contribution is -0.384. The summed E-state index contributed by atoms with van der Waals surface area (Å²) in [6.45, 7) is 0.864. The van der Waals surface area contributed by atoms with Crippen LogP contribution in [0.15, 0.2) is 24.3 Å². The molecular weight excluding hydrogens is 274 g/mol. The van der Waals surface area contributed by atoms with Crippen LogP contribution in [0.2, 0.25) is 0 Å². The first-order valence-corrected chi connectivity index (χ1v) is 6.84. The number of amides is 2. The summed E-state index contributed by atoms with van der Waals surface area (Å²) in [6.07, 6.45) is 1.58. The third kappa shape index (κ3) is 4.27. The number of piperidine rings is 1. The van der Waals surface area contributed by atoms with Crippen LogP contribution in [-0.4, -0.2) is 29.8 Å². The number of nitro benzene ring substituents is 1. The van der Waals surface area contributed by atoms with E-state index in [0.717, 1.165) is 5.56 Å². The molecule has 2 rings (SSSR count). The monoisotopic (exact) mass is 291 g/mol. The Morgan fingerprint density at radius 2 is 2.10 bits per heavy atom. The molecule has 1 aromatic rings. The molecule has 7 nitrogen and oxygen atoms in total. The van der Waals surface area contributed by atoms with Gasteiger partial charge in [0, 0.05) is 31.6 Å². The van der Waals surface area contributed by atoms with E-state index in [4.69, 9.17) is 0 Å². The predicted molar refractivity (Wildman–Crippen MR) is 75.5 cm³/mol. The van der Waals surface area contributed by atoms with Gasteiger partial charge in [-0.05, 0) is 18.4 Å². The van der Waals surface area contributed by atoms with Crippen LogP contribution in [0.1, 0.15) is 18.4 Å². The minimum atomic E-state index is -0.442. The quantitative estimate of drug-likeness (QED) is 0.618. The highest BCUT2D eigenvalue weighted by atomic mass is 16.6. The van der Waals surface area contributed by atoms with Gasteiger partial charge in [0.1, 0.15) is 0 Å². The van der Waals surface area contributed by atoms with Crippen molar-refractivity contribution in [2.24, 2.45) is 5.92 Å². The van der Waals surface area contributed by atoms with Crippen molar-refractivity contribution in [3.05, 3.63) is 39.9 Å². The highest BCUT2D eigenvalue weighted by Gasteiger charge is 2.23. The number of rotatable bonds is 5. The Bertz CT molecular complexity index is 532. The smallest absolute Gasteiger partial charge is 0.269 e. The predicted octanol–water partition coefficient (Wildman–Crippen LogP) is 0.780. The maximum absolute atomic E-state index is 11.9. The molecule has 7 heteroatoms. The van der Waals surface area contributed by atoms with E-state index in [-0.39, 0.29) is 23.4 Å². The molecule has 21 heavy (non-hydrogen) atoms. The first-order valence-electron chi connectivity index (χ1n) is 6.84. The standard InChI is InChI=1S/C14H17N3O4/c18-13-6-3-11(9-16-13)14(19)15-8-7-10-1-4-12(5-2-10)17(20)21/h1-2,4-5,11H,3,6-9H2,(H,15,19)(H,16,18). The second kappa shape index (κ2) is 6.83. The van der Waals surface area contributed by atoms with Crippen molar-refractivity contribution in [3.63, 3.8) is 0 Å². The molecule has 1 heterocycles. The normalized spacial score (nSPS) is 17.9. The van der Waals surface area contributed by atoms with Gasteiger partial charge in [-0.25, -0.2) is 0 Å². The SMILES string of the molecule is O=C1CCC(C(=O)NCCc2ccc([N+](=O)[O-])cc2)CN1. The number of non-ortho nitro benzene ring substituents is 1. The van der Waals surface area contributed by atoms with Crippen molar-refractivity contribution in [1.82, 2.24) is 10.6 Å². The molecule has 0 aliphatic carbocycles. The van der Waals surface area contributed by atoms with Gasteiger partial charge in [-0.15, -0.1) is 0 Å². The van der Waals surface area contributed by atoms with Gasteiger partial charge in [0.15, 0.2) is 0 Å². The molecule has 1 aliphatic rings. The molecule has 2 amide bonds. The summed E-state index contributed by atoms with van der Waals surface area (Å²) in [5.74, 6) is -0.235. The van der Waals surface area contributed by atoms with E-state index in [2.05, 4.69) is 10.6 Å². The van der Waals surface area contributed by atoms with Crippen LogP contribution in [-0.2, 0) is 16.0 Å². The van der Waals surface area contributed by atoms with Crippen molar-refractivity contribution in [1.29, 1.82) is 0 Å². The van der Waals surface area contributed by atoms with Crippen LogP contribution >= 0.6 is 0 Å². The second-order valence-corrected chi connectivity index (χ2v) is 5.00. The zero-order valence-corrected chi connectivity index (χ0v) is 11.5. The van der Waals surface area contributed by atoms with Gasteiger partial charge in [0.2, 0.25) is 11.8 Å². The number of nitrogens with zero attached hydrogens (tertiary/aromatic N) is 1. The topological polar surface area (TPSA) is 101 Å². The van der Waals surface area contributed by atoms with E-state index in [1.165, 1.54) is 12.1 Å². The summed E-state index contributed by atoms with van der Waals surface area (Å²) in [4.78, 5) is 33.0. The first kappa shape index (κ1) is 15.0. The number of carbonyl (C=O) groups excluding carboxylic acids is 2. The van der Waals surface area contributed by atoms with E-state index in [1.54, 1.807) is 12.1 Å². The number of benzene rings is 1. The minimum Gasteiger partial charge on any atom is -0.355 e. The van der Waals surface area contributed by atoms with Crippen LogP contribution in [0.25, 0.3) is 0 Å². The van der Waals surface area contributed by atoms with Gasteiger partial charge >= 0.3 is 0 Å². The minimum absolute atomic E-state index is 0.00932. The van der Waals surface area contributed by atoms with Crippen LogP contribution < -0.4 is 10.6 Å². The summed E-state index contributed by atoms with van der Waals surface area (Å²) in [7, 11) is 0. The molecule has 0 aromatic heterocycles. The maximum Gasteiger partial charge on any atom is 0.269 e. The molecule has 1 saturated heterocycles. The average Bonchev–Trinajstić information content (AvgIpc) is 2.48. The van der Waals surface area contributed by atoms with E-state index in [0.29, 0.717) is 32.4 Å². The van der Waals surface area contributed by atoms with Gasteiger partial charge in [-0.2, -0.15) is 0 Å². The fourth-order valence-electron chi connectivity index (χ4n) is 2.22. The van der Waals surface area contributed by atoms with Crippen LogP contribution in [0.5, 0.6) is 0 Å². The van der Waals surface area contributed by atoms with Crippen molar-refractivity contribution < 1.29 is 14.5 Å². The molecule has 112 valence electrons. The third-order valence-electron chi connectivity index (χ3n) is 3.50. The van der Waals surface area contributed by atoms with Crippen LogP contribution in [0, 0.1) is 16.0 Å². The van der Waals surface area contributed by atoms with Crippen molar-refractivity contribution >= 4 is 17.5 Å². The number of nitro groups is 1. The molecular formula is C14H17N3O4. The summed E-state index contributed by atoms with van der Waals surface area (Å²) < 4.78 is 0. The molecule has 0 bridgehead atoms. The molecule has 0 radical (unpaired) electrons. The van der Waals surface area contributed by atoms with Gasteiger partial charge in [0.05, 0.1) is 10.8 Å². The van der Waals surface area contributed by atoms with Crippen LogP contribution in [0.3, 0.4) is 0 Å². The van der Waals surface area contributed by atoms with Crippen LogP contribution in [0.4, 0.5) is 5.69 Å². The first-order chi connectivity index (χ1) is 10.1. The number of nitrogens with one attached hydrogen (secondary N) is 2. The lowest BCUT2D eigenvalue weighted by Gasteiger charge is -2.21. The maximum atomic E-state index is 11.9. The lowest BCUT2D eigenvalue weighted by atomic mass is 9.98. The lowest BCUT2D eigenvalue weighted by Crippen LogP contribution is -2.43. The molecule has 2 N–H and O–H groups in total. The van der Waals surface area contributed by atoms with Gasteiger partial charge in [-0.1, -0.05) is 12.1 Å². The Balaban J connectivity index is 1.74. The fraction of sp³-hybridized carbons (Fsp3) is 0.429. The summed E-state index contributed by atoms with van der Waals surface area (Å²) in [5.41, 5.74) is 0.985. The van der Waals surface area contributed by atoms with Crippen molar-refractivity contribution in [3.8, 4) is 0 Å². The summed E-state index contributed by atoms with van der Waals surface area (Å²) >= 11 is 0. The van der Waals surface area contributed by atoms with Gasteiger partial charge in [-0.3, -0.25) is 19.7 Å². The molecule has 0 saturated carbocycles. The van der Waals surface area contributed by atoms with E-state index in [1.807, 2.05) is 0 Å². The zero-order valence-electron chi connectivity index (χ0n) is 11.5. The highest BCUT2D eigenvalue weighted by molar-refractivity contribution is 5.83. The Morgan fingerprint density at radius 3 is 2.67 bits per heavy atom. The van der Waals surface area contributed by atoms with Crippen molar-refractivity contribution in [2.45, 2.75) is 19.3 Å². The molecule has 1 aromatic carbocycles. The van der Waals surface area contributed by atoms with Crippen molar-refractivity contribution in [2.75, 3.05) is 13.1 Å². The van der Waals surface area contributed by atoms with E-state index in [9.17, 15) is 19.7 Å². The number of carbonyl (C=O) groups is 2. The summed E-state index contributed by atoms with van der Waals surface area (Å²) in [5, 5.41) is 16.0. The van der Waals surface area contributed by atoms with E-state index < -0.39 is 4.92 Å². The number of hydrogen-bond acceptors (Lipinski definition) is 4. The Kier molecular flexibility index (Phi) is 4.86. The molecule has 0 spiro atoms. The largest absolute Gasteiger partial charge is 0.355 e. The average molecular weight is 291 g/mol. The fourth-order valence-corrected chi connectivity index (χ4v) is 2.22. The van der Waals surface area contributed by atoms with Gasteiger partial charge in [0.25, 0.3) is 5.69 Å². The van der Waals surface area contributed by atoms with Gasteiger partial charge < -0.3 is 10.6 Å². The molecule has 1 atom stereocenters. The molecule has 1 aliphatic heterocycles. The summed E-state index contributed by atoms with van der Waals surface area (Å²) in [6, 6.07) is 6.28.